The summed E-state index contributed by atoms with van der Waals surface area (Å²) in [6.07, 6.45) is 3.09. The van der Waals surface area contributed by atoms with Crippen LogP contribution in [0.2, 0.25) is 0 Å². The summed E-state index contributed by atoms with van der Waals surface area (Å²) < 4.78 is 18.8. The molecule has 1 heterocycles. The smallest absolute Gasteiger partial charge is 0.123 e. The molecule has 3 atom stereocenters. The second-order valence-electron chi connectivity index (χ2n) is 5.26. The fourth-order valence-electron chi connectivity index (χ4n) is 2.95. The molecule has 0 saturated carbocycles. The van der Waals surface area contributed by atoms with Crippen LogP contribution in [-0.4, -0.2) is 19.8 Å². The Bertz CT molecular complexity index is 425. The predicted molar refractivity (Wildman–Crippen MR) is 74.7 cm³/mol. The average molecular weight is 266 g/mol. The van der Waals surface area contributed by atoms with Crippen LogP contribution in [0.25, 0.3) is 0 Å². The molecular formula is C15H23FN2O. The number of rotatable bonds is 5. The Balaban J connectivity index is 2.18. The monoisotopic (exact) mass is 266 g/mol. The van der Waals surface area contributed by atoms with E-state index in [1.807, 2.05) is 0 Å². The molecule has 0 aliphatic carbocycles. The molecule has 1 fully saturated rings. The lowest BCUT2D eigenvalue weighted by Gasteiger charge is -2.23. The number of ether oxygens (including phenoxy) is 1. The largest absolute Gasteiger partial charge is 0.496 e. The van der Waals surface area contributed by atoms with Gasteiger partial charge < -0.3 is 15.8 Å². The van der Waals surface area contributed by atoms with Crippen molar-refractivity contribution >= 4 is 0 Å². The van der Waals surface area contributed by atoms with E-state index in [9.17, 15) is 4.39 Å². The van der Waals surface area contributed by atoms with E-state index in [2.05, 4.69) is 12.2 Å². The van der Waals surface area contributed by atoms with E-state index in [1.54, 1.807) is 19.2 Å². The van der Waals surface area contributed by atoms with Gasteiger partial charge in [-0.2, -0.15) is 0 Å². The summed E-state index contributed by atoms with van der Waals surface area (Å²) in [5.41, 5.74) is 7.01. The molecule has 1 aliphatic heterocycles. The van der Waals surface area contributed by atoms with Crippen molar-refractivity contribution < 1.29 is 9.13 Å². The Morgan fingerprint density at radius 3 is 2.89 bits per heavy atom. The fraction of sp³-hybridized carbons (Fsp3) is 0.600. The summed E-state index contributed by atoms with van der Waals surface area (Å²) in [6, 6.07) is 4.75. The minimum atomic E-state index is -0.205. The van der Waals surface area contributed by atoms with Crippen molar-refractivity contribution in [2.24, 2.45) is 11.7 Å². The first-order valence-corrected chi connectivity index (χ1v) is 6.98. The first-order chi connectivity index (χ1) is 9.15. The van der Waals surface area contributed by atoms with Crippen LogP contribution < -0.4 is 15.8 Å². The SMILES string of the molecule is CCC(CC1CCNC1N)c1cc(F)ccc1OC. The van der Waals surface area contributed by atoms with Gasteiger partial charge in [-0.25, -0.2) is 4.39 Å². The summed E-state index contributed by atoms with van der Waals surface area (Å²) in [5, 5.41) is 3.26. The van der Waals surface area contributed by atoms with Crippen LogP contribution in [-0.2, 0) is 0 Å². The molecular weight excluding hydrogens is 243 g/mol. The minimum Gasteiger partial charge on any atom is -0.496 e. The zero-order chi connectivity index (χ0) is 13.8. The molecule has 0 aromatic heterocycles. The highest BCUT2D eigenvalue weighted by molar-refractivity contribution is 5.37. The molecule has 0 amide bonds. The Hall–Kier alpha value is -1.13. The van der Waals surface area contributed by atoms with Crippen molar-refractivity contribution in [2.75, 3.05) is 13.7 Å². The number of nitrogens with two attached hydrogens (primary N) is 1. The van der Waals surface area contributed by atoms with Crippen LogP contribution in [0.3, 0.4) is 0 Å². The maximum Gasteiger partial charge on any atom is 0.123 e. The van der Waals surface area contributed by atoms with E-state index in [4.69, 9.17) is 10.5 Å². The van der Waals surface area contributed by atoms with Gasteiger partial charge in [0, 0.05) is 5.56 Å². The summed E-state index contributed by atoms with van der Waals surface area (Å²) >= 11 is 0. The number of hydrogen-bond acceptors (Lipinski definition) is 3. The van der Waals surface area contributed by atoms with Gasteiger partial charge in [0.2, 0.25) is 0 Å². The third-order valence-corrected chi connectivity index (χ3v) is 4.11. The number of benzene rings is 1. The van der Waals surface area contributed by atoms with E-state index >= 15 is 0 Å². The lowest BCUT2D eigenvalue weighted by atomic mass is 9.85. The Kier molecular flexibility index (Phi) is 4.77. The molecule has 1 aliphatic rings. The first-order valence-electron chi connectivity index (χ1n) is 6.98. The van der Waals surface area contributed by atoms with Gasteiger partial charge in [0.25, 0.3) is 0 Å². The number of halogens is 1. The zero-order valence-electron chi connectivity index (χ0n) is 11.7. The van der Waals surface area contributed by atoms with Gasteiger partial charge in [0.1, 0.15) is 11.6 Å². The maximum absolute atomic E-state index is 13.5. The molecule has 0 bridgehead atoms. The summed E-state index contributed by atoms with van der Waals surface area (Å²) in [4.78, 5) is 0. The molecule has 3 N–H and O–H groups in total. The van der Waals surface area contributed by atoms with E-state index in [0.29, 0.717) is 11.8 Å². The van der Waals surface area contributed by atoms with E-state index in [0.717, 1.165) is 37.1 Å². The van der Waals surface area contributed by atoms with Crippen molar-refractivity contribution in [1.82, 2.24) is 5.32 Å². The van der Waals surface area contributed by atoms with Crippen LogP contribution in [0.15, 0.2) is 18.2 Å². The molecule has 4 heteroatoms. The summed E-state index contributed by atoms with van der Waals surface area (Å²) in [6.45, 7) is 3.10. The normalized spacial score (nSPS) is 24.4. The maximum atomic E-state index is 13.5. The fourth-order valence-corrected chi connectivity index (χ4v) is 2.95. The number of nitrogens with one attached hydrogen (secondary N) is 1. The van der Waals surface area contributed by atoms with Gasteiger partial charge in [-0.15, -0.1) is 0 Å². The molecule has 1 aromatic rings. The van der Waals surface area contributed by atoms with Crippen LogP contribution in [0.5, 0.6) is 5.75 Å². The highest BCUT2D eigenvalue weighted by Crippen LogP contribution is 2.36. The molecule has 3 unspecified atom stereocenters. The predicted octanol–water partition coefficient (Wildman–Crippen LogP) is 2.61. The lowest BCUT2D eigenvalue weighted by Crippen LogP contribution is -2.36. The zero-order valence-corrected chi connectivity index (χ0v) is 11.7. The van der Waals surface area contributed by atoms with Crippen molar-refractivity contribution in [3.63, 3.8) is 0 Å². The summed E-state index contributed by atoms with van der Waals surface area (Å²) in [7, 11) is 1.63. The second kappa shape index (κ2) is 6.35. The lowest BCUT2D eigenvalue weighted by molar-refractivity contribution is 0.367. The number of hydrogen-bond donors (Lipinski definition) is 2. The molecule has 0 radical (unpaired) electrons. The van der Waals surface area contributed by atoms with Crippen molar-refractivity contribution in [3.8, 4) is 5.75 Å². The van der Waals surface area contributed by atoms with Crippen molar-refractivity contribution in [3.05, 3.63) is 29.6 Å². The Morgan fingerprint density at radius 2 is 2.32 bits per heavy atom. The van der Waals surface area contributed by atoms with Crippen molar-refractivity contribution in [2.45, 2.75) is 38.3 Å². The third-order valence-electron chi connectivity index (χ3n) is 4.11. The molecule has 1 saturated heterocycles. The minimum absolute atomic E-state index is 0.0635. The third kappa shape index (κ3) is 3.25. The number of methoxy groups -OCH3 is 1. The van der Waals surface area contributed by atoms with E-state index in [1.165, 1.54) is 6.07 Å². The molecule has 2 rings (SSSR count). The summed E-state index contributed by atoms with van der Waals surface area (Å²) in [5.74, 6) is 1.32. The molecule has 19 heavy (non-hydrogen) atoms. The van der Waals surface area contributed by atoms with Crippen molar-refractivity contribution in [1.29, 1.82) is 0 Å². The van der Waals surface area contributed by atoms with Gasteiger partial charge in [-0.3, -0.25) is 0 Å². The van der Waals surface area contributed by atoms with Crippen LogP contribution in [0, 0.1) is 11.7 Å². The average Bonchev–Trinajstić information content (AvgIpc) is 2.81. The van der Waals surface area contributed by atoms with E-state index < -0.39 is 0 Å². The topological polar surface area (TPSA) is 47.3 Å². The van der Waals surface area contributed by atoms with E-state index in [-0.39, 0.29) is 12.0 Å². The van der Waals surface area contributed by atoms with Gasteiger partial charge in [-0.1, -0.05) is 6.92 Å². The molecule has 0 spiro atoms. The van der Waals surface area contributed by atoms with Gasteiger partial charge >= 0.3 is 0 Å². The standard InChI is InChI=1S/C15H23FN2O/c1-3-10(8-11-6-7-18-15(11)17)13-9-12(16)4-5-14(13)19-2/h4-5,9-11,15,18H,3,6-8,17H2,1-2H3. The van der Waals surface area contributed by atoms with Gasteiger partial charge in [-0.05, 0) is 55.8 Å². The highest BCUT2D eigenvalue weighted by Gasteiger charge is 2.27. The van der Waals surface area contributed by atoms with Gasteiger partial charge in [0.05, 0.1) is 13.3 Å². The highest BCUT2D eigenvalue weighted by atomic mass is 19.1. The first kappa shape index (κ1) is 14.3. The quantitative estimate of drug-likeness (QED) is 0.861. The second-order valence-corrected chi connectivity index (χ2v) is 5.26. The molecule has 1 aromatic carbocycles. The molecule has 3 nitrogen and oxygen atoms in total. The Morgan fingerprint density at radius 1 is 1.53 bits per heavy atom. The Labute approximate surface area is 114 Å². The van der Waals surface area contributed by atoms with Crippen LogP contribution in [0.1, 0.15) is 37.7 Å². The van der Waals surface area contributed by atoms with Crippen LogP contribution in [0.4, 0.5) is 4.39 Å². The van der Waals surface area contributed by atoms with Gasteiger partial charge in [0.15, 0.2) is 0 Å². The molecule has 106 valence electrons. The van der Waals surface area contributed by atoms with Crippen LogP contribution >= 0.6 is 0 Å².